The lowest BCUT2D eigenvalue weighted by atomic mass is 9.89. The van der Waals surface area contributed by atoms with Crippen LogP contribution in [0.3, 0.4) is 0 Å². The van der Waals surface area contributed by atoms with Gasteiger partial charge < -0.3 is 4.74 Å². The van der Waals surface area contributed by atoms with Gasteiger partial charge in [-0.05, 0) is 12.5 Å². The maximum atomic E-state index is 14.1. The van der Waals surface area contributed by atoms with Gasteiger partial charge in [0.15, 0.2) is 0 Å². The fourth-order valence-corrected chi connectivity index (χ4v) is 2.12. The molecule has 0 heterocycles. The average molecular weight is 295 g/mol. The van der Waals surface area contributed by atoms with Gasteiger partial charge in [-0.3, -0.25) is 10.4 Å². The van der Waals surface area contributed by atoms with Crippen LogP contribution in [-0.4, -0.2) is 24.5 Å². The summed E-state index contributed by atoms with van der Waals surface area (Å²) in [6.07, 6.45) is 6.85. The molecule has 0 saturated heterocycles. The summed E-state index contributed by atoms with van der Waals surface area (Å²) in [5.74, 6) is 6.69. The molecular weight excluding hydrogens is 276 g/mol. The quantitative estimate of drug-likeness (QED) is 0.193. The first kappa shape index (κ1) is 17.1. The number of hydrogen-bond acceptors (Lipinski definition) is 3. The Hall–Kier alpha value is -1.97. The first-order chi connectivity index (χ1) is 9.99. The second kappa shape index (κ2) is 7.72. The zero-order valence-electron chi connectivity index (χ0n) is 11.9. The number of hydrazine groups is 1. The smallest absolute Gasteiger partial charge is 0.132 e. The van der Waals surface area contributed by atoms with E-state index in [2.05, 4.69) is 5.92 Å². The van der Waals surface area contributed by atoms with E-state index in [-0.39, 0.29) is 18.7 Å². The fourth-order valence-electron chi connectivity index (χ4n) is 2.12. The van der Waals surface area contributed by atoms with Crippen LogP contribution in [0.5, 0.6) is 0 Å². The van der Waals surface area contributed by atoms with E-state index >= 15 is 0 Å². The third-order valence-corrected chi connectivity index (χ3v) is 3.22. The molecule has 21 heavy (non-hydrogen) atoms. The molecule has 0 bridgehead atoms. The molecule has 1 rings (SSSR count). The van der Waals surface area contributed by atoms with Crippen LogP contribution in [-0.2, 0) is 10.3 Å². The van der Waals surface area contributed by atoms with Crippen molar-refractivity contribution < 1.29 is 13.5 Å². The van der Waals surface area contributed by atoms with Gasteiger partial charge in [0.25, 0.3) is 0 Å². The average Bonchev–Trinajstić information content (AvgIpc) is 2.46. The van der Waals surface area contributed by atoms with Gasteiger partial charge in [-0.15, -0.1) is 12.3 Å². The second-order valence-electron chi connectivity index (χ2n) is 4.58. The second-order valence-corrected chi connectivity index (χ2v) is 4.58. The van der Waals surface area contributed by atoms with E-state index in [1.165, 1.54) is 12.1 Å². The summed E-state index contributed by atoms with van der Waals surface area (Å²) in [4.78, 5) is 0. The maximum absolute atomic E-state index is 14.1. The Morgan fingerprint density at radius 2 is 2.24 bits per heavy atom. The van der Waals surface area contributed by atoms with Crippen LogP contribution in [0.4, 0.5) is 8.78 Å². The lowest BCUT2D eigenvalue weighted by Gasteiger charge is -2.36. The molecule has 0 fully saturated rings. The Balaban J connectivity index is 3.19. The number of nitrogens with two attached hydrogens (primary N) is 1. The Morgan fingerprint density at radius 3 is 2.76 bits per heavy atom. The van der Waals surface area contributed by atoms with Crippen LogP contribution >= 0.6 is 0 Å². The van der Waals surface area contributed by atoms with Crippen molar-refractivity contribution >= 4 is 6.34 Å². The summed E-state index contributed by atoms with van der Waals surface area (Å²) in [6, 6.07) is 3.30. The van der Waals surface area contributed by atoms with Crippen molar-refractivity contribution in [3.8, 4) is 12.3 Å². The van der Waals surface area contributed by atoms with Crippen molar-refractivity contribution in [2.75, 3.05) is 13.2 Å². The van der Waals surface area contributed by atoms with Gasteiger partial charge in [0.1, 0.15) is 17.2 Å². The summed E-state index contributed by atoms with van der Waals surface area (Å²) in [5.41, 5.74) is -0.901. The molecule has 114 valence electrons. The summed E-state index contributed by atoms with van der Waals surface area (Å²) in [7, 11) is 0. The van der Waals surface area contributed by atoms with Crippen LogP contribution in [0.25, 0.3) is 0 Å². The van der Waals surface area contributed by atoms with E-state index in [9.17, 15) is 8.78 Å². The molecular formula is C15H19F2N3O. The zero-order chi connectivity index (χ0) is 15.9. The zero-order valence-corrected chi connectivity index (χ0v) is 11.9. The Kier molecular flexibility index (Phi) is 6.28. The van der Waals surface area contributed by atoms with Crippen LogP contribution in [0.1, 0.15) is 25.3 Å². The van der Waals surface area contributed by atoms with Crippen molar-refractivity contribution in [3.05, 3.63) is 35.4 Å². The van der Waals surface area contributed by atoms with Crippen LogP contribution in [0.15, 0.2) is 18.2 Å². The van der Waals surface area contributed by atoms with Crippen molar-refractivity contribution in [2.24, 2.45) is 5.84 Å². The van der Waals surface area contributed by atoms with Gasteiger partial charge in [-0.1, -0.05) is 13.0 Å². The summed E-state index contributed by atoms with van der Waals surface area (Å²) in [6.45, 7) is 2.07. The van der Waals surface area contributed by atoms with Gasteiger partial charge in [-0.25, -0.2) is 14.6 Å². The predicted octanol–water partition coefficient (Wildman–Crippen LogP) is 2.39. The molecule has 0 radical (unpaired) electrons. The van der Waals surface area contributed by atoms with Gasteiger partial charge in [0, 0.05) is 18.1 Å². The van der Waals surface area contributed by atoms with E-state index in [4.69, 9.17) is 22.4 Å². The molecule has 0 aliphatic carbocycles. The van der Waals surface area contributed by atoms with Gasteiger partial charge in [-0.2, -0.15) is 0 Å². The molecule has 3 N–H and O–H groups in total. The largest absolute Gasteiger partial charge is 0.367 e. The minimum atomic E-state index is -1.10. The number of nitrogens with one attached hydrogen (secondary N) is 1. The molecule has 0 aliphatic heterocycles. The highest BCUT2D eigenvalue weighted by Gasteiger charge is 2.35. The molecule has 1 aromatic carbocycles. The molecule has 4 nitrogen and oxygen atoms in total. The number of benzene rings is 1. The highest BCUT2D eigenvalue weighted by Crippen LogP contribution is 2.32. The molecule has 1 atom stereocenters. The highest BCUT2D eigenvalue weighted by atomic mass is 19.1. The minimum absolute atomic E-state index is 0.0557. The third kappa shape index (κ3) is 4.25. The molecule has 6 heteroatoms. The Morgan fingerprint density at radius 1 is 1.52 bits per heavy atom. The molecule has 0 saturated carbocycles. The topological polar surface area (TPSA) is 62.3 Å². The van der Waals surface area contributed by atoms with Gasteiger partial charge >= 0.3 is 0 Å². The van der Waals surface area contributed by atoms with E-state index in [0.29, 0.717) is 12.8 Å². The number of terminal acetylenes is 1. The van der Waals surface area contributed by atoms with Gasteiger partial charge in [0.2, 0.25) is 0 Å². The standard InChI is InChI=1S/C15H19F2N3O/c1-3-5-8-21-15(4-2,10-20(19)11-18)13-7-6-12(16)9-14(13)17/h1,6-7,9,11,18H,4-5,8,10,19H2,2H3. The number of ether oxygens (including phenoxy) is 1. The van der Waals surface area contributed by atoms with Crippen molar-refractivity contribution in [3.63, 3.8) is 0 Å². The lowest BCUT2D eigenvalue weighted by molar-refractivity contribution is -0.0652. The maximum Gasteiger partial charge on any atom is 0.132 e. The fraction of sp³-hybridized carbons (Fsp3) is 0.400. The van der Waals surface area contributed by atoms with E-state index in [1.54, 1.807) is 6.92 Å². The summed E-state index contributed by atoms with van der Waals surface area (Å²) < 4.78 is 33.0. The minimum Gasteiger partial charge on any atom is -0.367 e. The number of hydrogen-bond donors (Lipinski definition) is 2. The van der Waals surface area contributed by atoms with Crippen molar-refractivity contribution in [1.29, 1.82) is 5.41 Å². The molecule has 0 aromatic heterocycles. The molecule has 1 aromatic rings. The molecule has 0 spiro atoms. The van der Waals surface area contributed by atoms with Crippen molar-refractivity contribution in [2.45, 2.75) is 25.4 Å². The first-order valence-corrected chi connectivity index (χ1v) is 6.54. The summed E-state index contributed by atoms with van der Waals surface area (Å²) >= 11 is 0. The van der Waals surface area contributed by atoms with Crippen LogP contribution < -0.4 is 5.84 Å². The molecule has 0 amide bonds. The van der Waals surface area contributed by atoms with Crippen LogP contribution in [0, 0.1) is 29.4 Å². The molecule has 0 aliphatic rings. The first-order valence-electron chi connectivity index (χ1n) is 6.54. The van der Waals surface area contributed by atoms with Crippen molar-refractivity contribution in [1.82, 2.24) is 5.01 Å². The van der Waals surface area contributed by atoms with Gasteiger partial charge in [0.05, 0.1) is 19.5 Å². The number of rotatable bonds is 8. The summed E-state index contributed by atoms with van der Waals surface area (Å²) in [5, 5.41) is 8.25. The SMILES string of the molecule is C#CCCOC(CC)(CN(N)C=N)c1ccc(F)cc1F. The lowest BCUT2D eigenvalue weighted by Crippen LogP contribution is -2.46. The Bertz CT molecular complexity index is 530. The third-order valence-electron chi connectivity index (χ3n) is 3.22. The van der Waals surface area contributed by atoms with Crippen LogP contribution in [0.2, 0.25) is 0 Å². The monoisotopic (exact) mass is 295 g/mol. The predicted molar refractivity (Wildman–Crippen MR) is 77.4 cm³/mol. The normalized spacial score (nSPS) is 13.3. The van der Waals surface area contributed by atoms with E-state index in [1.807, 2.05) is 0 Å². The number of nitrogens with zero attached hydrogens (tertiary/aromatic N) is 1. The molecule has 1 unspecified atom stereocenters. The Labute approximate surface area is 123 Å². The number of halogens is 2. The van der Waals surface area contributed by atoms with E-state index < -0.39 is 17.2 Å². The van der Waals surface area contributed by atoms with E-state index in [0.717, 1.165) is 17.4 Å². The highest BCUT2D eigenvalue weighted by molar-refractivity contribution is 5.49.